The number of aromatic nitrogens is 2. The van der Waals surface area contributed by atoms with Gasteiger partial charge in [0.2, 0.25) is 0 Å². The molecule has 0 spiro atoms. The lowest BCUT2D eigenvalue weighted by Gasteiger charge is -2.28. The normalized spacial score (nSPS) is 16.5. The second kappa shape index (κ2) is 4.47. The van der Waals surface area contributed by atoms with Crippen molar-refractivity contribution in [1.29, 1.82) is 0 Å². The number of nitrogens with zero attached hydrogens (tertiary/aromatic N) is 4. The van der Waals surface area contributed by atoms with Gasteiger partial charge in [-0.15, -0.1) is 0 Å². The molecular formula is C11H18N4. The fourth-order valence-electron chi connectivity index (χ4n) is 1.88. The molecule has 2 rings (SSSR count). The summed E-state index contributed by atoms with van der Waals surface area (Å²) in [5.41, 5.74) is 0. The van der Waals surface area contributed by atoms with Crippen molar-refractivity contribution < 1.29 is 0 Å². The zero-order chi connectivity index (χ0) is 10.7. The fourth-order valence-corrected chi connectivity index (χ4v) is 1.88. The van der Waals surface area contributed by atoms with E-state index in [0.717, 1.165) is 24.7 Å². The predicted molar refractivity (Wildman–Crippen MR) is 62.4 cm³/mol. The average molecular weight is 206 g/mol. The Morgan fingerprint density at radius 3 is 2.53 bits per heavy atom. The highest BCUT2D eigenvalue weighted by molar-refractivity contribution is 5.49. The molecule has 0 bridgehead atoms. The quantitative estimate of drug-likeness (QED) is 0.734. The summed E-state index contributed by atoms with van der Waals surface area (Å²) in [5, 5.41) is 0. The van der Waals surface area contributed by atoms with Gasteiger partial charge < -0.3 is 9.80 Å². The summed E-state index contributed by atoms with van der Waals surface area (Å²) in [5.74, 6) is 2.04. The number of rotatable bonds is 2. The Labute approximate surface area is 90.9 Å². The van der Waals surface area contributed by atoms with E-state index in [1.54, 1.807) is 6.33 Å². The largest absolute Gasteiger partial charge is 0.363 e. The minimum Gasteiger partial charge on any atom is -0.363 e. The molecule has 2 heterocycles. The highest BCUT2D eigenvalue weighted by Gasteiger charge is 2.12. The molecule has 1 fully saturated rings. The third-order valence-electron chi connectivity index (χ3n) is 2.78. The molecule has 1 aliphatic heterocycles. The summed E-state index contributed by atoms with van der Waals surface area (Å²) in [6, 6.07) is 2.06. The van der Waals surface area contributed by atoms with Crippen LogP contribution in [0.4, 0.5) is 11.6 Å². The van der Waals surface area contributed by atoms with Crippen LogP contribution in [-0.2, 0) is 0 Å². The van der Waals surface area contributed by atoms with Gasteiger partial charge in [-0.3, -0.25) is 0 Å². The van der Waals surface area contributed by atoms with Crippen molar-refractivity contribution in [1.82, 2.24) is 9.97 Å². The number of hydrogen-bond donors (Lipinski definition) is 0. The monoisotopic (exact) mass is 206 g/mol. The number of hydrogen-bond acceptors (Lipinski definition) is 4. The second-order valence-electron chi connectivity index (χ2n) is 4.18. The van der Waals surface area contributed by atoms with Crippen LogP contribution in [0.25, 0.3) is 0 Å². The Balaban J connectivity index is 2.16. The zero-order valence-electron chi connectivity index (χ0n) is 9.48. The van der Waals surface area contributed by atoms with E-state index in [1.165, 1.54) is 19.3 Å². The molecule has 0 radical (unpaired) electrons. The third-order valence-corrected chi connectivity index (χ3v) is 2.78. The maximum Gasteiger partial charge on any atom is 0.134 e. The summed E-state index contributed by atoms with van der Waals surface area (Å²) in [7, 11) is 4.00. The smallest absolute Gasteiger partial charge is 0.134 e. The molecule has 1 aromatic heterocycles. The molecule has 4 heteroatoms. The van der Waals surface area contributed by atoms with E-state index in [-0.39, 0.29) is 0 Å². The van der Waals surface area contributed by atoms with Crippen LogP contribution in [0, 0.1) is 0 Å². The van der Waals surface area contributed by atoms with Gasteiger partial charge in [0.15, 0.2) is 0 Å². The van der Waals surface area contributed by atoms with Gasteiger partial charge in [-0.2, -0.15) is 0 Å². The first-order valence-corrected chi connectivity index (χ1v) is 5.52. The van der Waals surface area contributed by atoms with Crippen molar-refractivity contribution in [2.75, 3.05) is 37.0 Å². The van der Waals surface area contributed by atoms with Crippen LogP contribution >= 0.6 is 0 Å². The molecule has 0 aliphatic carbocycles. The molecule has 0 N–H and O–H groups in total. The van der Waals surface area contributed by atoms with Crippen LogP contribution in [0.5, 0.6) is 0 Å². The van der Waals surface area contributed by atoms with Crippen LogP contribution in [0.2, 0.25) is 0 Å². The lowest BCUT2D eigenvalue weighted by Crippen LogP contribution is -2.30. The summed E-state index contributed by atoms with van der Waals surface area (Å²) < 4.78 is 0. The topological polar surface area (TPSA) is 32.3 Å². The van der Waals surface area contributed by atoms with E-state index >= 15 is 0 Å². The standard InChI is InChI=1S/C11H18N4/c1-14(2)10-8-11(13-9-12-10)15-6-4-3-5-7-15/h8-9H,3-7H2,1-2H3. The van der Waals surface area contributed by atoms with Gasteiger partial charge in [-0.1, -0.05) is 0 Å². The van der Waals surface area contributed by atoms with Crippen molar-refractivity contribution in [3.63, 3.8) is 0 Å². The minimum absolute atomic E-state index is 0.977. The number of piperidine rings is 1. The number of anilines is 2. The molecule has 1 aromatic rings. The van der Waals surface area contributed by atoms with Crippen LogP contribution in [0.1, 0.15) is 19.3 Å². The molecule has 0 amide bonds. The molecule has 0 unspecified atom stereocenters. The van der Waals surface area contributed by atoms with E-state index in [2.05, 4.69) is 20.9 Å². The molecule has 1 aliphatic rings. The highest BCUT2D eigenvalue weighted by atomic mass is 15.2. The first-order valence-electron chi connectivity index (χ1n) is 5.52. The van der Waals surface area contributed by atoms with Gasteiger partial charge in [-0.25, -0.2) is 9.97 Å². The van der Waals surface area contributed by atoms with Gasteiger partial charge in [0.05, 0.1) is 0 Å². The minimum atomic E-state index is 0.977. The fraction of sp³-hybridized carbons (Fsp3) is 0.636. The third kappa shape index (κ3) is 2.37. The van der Waals surface area contributed by atoms with Gasteiger partial charge >= 0.3 is 0 Å². The Kier molecular flexibility index (Phi) is 3.04. The van der Waals surface area contributed by atoms with E-state index in [4.69, 9.17) is 0 Å². The van der Waals surface area contributed by atoms with Gasteiger partial charge in [-0.05, 0) is 19.3 Å². The molecule has 0 atom stereocenters. The lowest BCUT2D eigenvalue weighted by molar-refractivity contribution is 0.573. The van der Waals surface area contributed by atoms with Gasteiger partial charge in [0.25, 0.3) is 0 Å². The van der Waals surface area contributed by atoms with E-state index in [1.807, 2.05) is 19.0 Å². The van der Waals surface area contributed by atoms with E-state index in [0.29, 0.717) is 0 Å². The molecule has 1 saturated heterocycles. The second-order valence-corrected chi connectivity index (χ2v) is 4.18. The van der Waals surface area contributed by atoms with E-state index < -0.39 is 0 Å². The molecular weight excluding hydrogens is 188 g/mol. The van der Waals surface area contributed by atoms with Crippen molar-refractivity contribution in [2.24, 2.45) is 0 Å². The van der Waals surface area contributed by atoms with Crippen LogP contribution < -0.4 is 9.80 Å². The Hall–Kier alpha value is -1.32. The van der Waals surface area contributed by atoms with Crippen LogP contribution in [-0.4, -0.2) is 37.2 Å². The van der Waals surface area contributed by atoms with E-state index in [9.17, 15) is 0 Å². The Bertz CT molecular complexity index is 318. The van der Waals surface area contributed by atoms with Crippen molar-refractivity contribution in [3.8, 4) is 0 Å². The Morgan fingerprint density at radius 2 is 1.87 bits per heavy atom. The molecule has 0 aromatic carbocycles. The molecule has 4 nitrogen and oxygen atoms in total. The molecule has 15 heavy (non-hydrogen) atoms. The summed E-state index contributed by atoms with van der Waals surface area (Å²) >= 11 is 0. The first-order chi connectivity index (χ1) is 7.27. The summed E-state index contributed by atoms with van der Waals surface area (Å²) in [4.78, 5) is 12.9. The van der Waals surface area contributed by atoms with Gasteiger partial charge in [0, 0.05) is 33.3 Å². The summed E-state index contributed by atoms with van der Waals surface area (Å²) in [6.45, 7) is 2.26. The van der Waals surface area contributed by atoms with Crippen LogP contribution in [0.3, 0.4) is 0 Å². The van der Waals surface area contributed by atoms with Crippen LogP contribution in [0.15, 0.2) is 12.4 Å². The predicted octanol–water partition coefficient (Wildman–Crippen LogP) is 1.53. The van der Waals surface area contributed by atoms with Gasteiger partial charge in [0.1, 0.15) is 18.0 Å². The maximum atomic E-state index is 4.33. The van der Waals surface area contributed by atoms with Crippen molar-refractivity contribution in [2.45, 2.75) is 19.3 Å². The zero-order valence-corrected chi connectivity index (χ0v) is 9.48. The average Bonchev–Trinajstić information content (AvgIpc) is 2.30. The SMILES string of the molecule is CN(C)c1cc(N2CCCCC2)ncn1. The summed E-state index contributed by atoms with van der Waals surface area (Å²) in [6.07, 6.45) is 5.56. The molecule has 0 saturated carbocycles. The maximum absolute atomic E-state index is 4.33. The first kappa shape index (κ1) is 10.2. The molecule has 82 valence electrons. The Morgan fingerprint density at radius 1 is 1.13 bits per heavy atom. The van der Waals surface area contributed by atoms with Crippen molar-refractivity contribution in [3.05, 3.63) is 12.4 Å². The lowest BCUT2D eigenvalue weighted by atomic mass is 10.1. The van der Waals surface area contributed by atoms with Crippen molar-refractivity contribution >= 4 is 11.6 Å². The highest BCUT2D eigenvalue weighted by Crippen LogP contribution is 2.19.